The molecule has 23 heavy (non-hydrogen) atoms. The monoisotopic (exact) mass is 316 g/mol. The molecule has 1 amide bonds. The third-order valence-corrected chi connectivity index (χ3v) is 3.33. The van der Waals surface area contributed by atoms with Crippen LogP contribution in [0.3, 0.4) is 0 Å². The topological polar surface area (TPSA) is 107 Å². The van der Waals surface area contributed by atoms with Gasteiger partial charge >= 0.3 is 0 Å². The van der Waals surface area contributed by atoms with Crippen LogP contribution in [-0.4, -0.2) is 16.9 Å². The number of hydrogen-bond donors (Lipinski definition) is 2. The number of aryl methyl sites for hydroxylation is 4. The third kappa shape index (κ3) is 4.09. The normalized spacial score (nSPS) is 12.1. The van der Waals surface area contributed by atoms with Gasteiger partial charge in [-0.25, -0.2) is 0 Å². The molecule has 2 heterocycles. The standard InChI is InChI=1S/C16H20N4O3/c1-9-7-13(11(3)22-9)16(21)19-15(17)5-6-18-8-14-10(2)20-23-12(14)4/h5-7,18H,8H2,1-4H3,(H2,17,19,21)/b6-5-. The molecule has 3 N–H and O–H groups in total. The van der Waals surface area contributed by atoms with Gasteiger partial charge in [-0.3, -0.25) is 4.79 Å². The molecular formula is C16H20N4O3. The predicted octanol–water partition coefficient (Wildman–Crippen LogP) is 2.30. The zero-order valence-electron chi connectivity index (χ0n) is 13.6. The molecule has 7 nitrogen and oxygen atoms in total. The first-order valence-electron chi connectivity index (χ1n) is 7.15. The lowest BCUT2D eigenvalue weighted by molar-refractivity contribution is 0.100. The van der Waals surface area contributed by atoms with Gasteiger partial charge in [0.05, 0.1) is 11.3 Å². The predicted molar refractivity (Wildman–Crippen MR) is 86.1 cm³/mol. The molecule has 0 atom stereocenters. The van der Waals surface area contributed by atoms with E-state index < -0.39 is 5.91 Å². The lowest BCUT2D eigenvalue weighted by Gasteiger charge is -1.99. The first-order valence-corrected chi connectivity index (χ1v) is 7.15. The van der Waals surface area contributed by atoms with E-state index in [1.54, 1.807) is 26.1 Å². The molecule has 0 saturated carbocycles. The van der Waals surface area contributed by atoms with E-state index in [9.17, 15) is 4.79 Å². The highest BCUT2D eigenvalue weighted by molar-refractivity contribution is 6.06. The number of carbonyl (C=O) groups excluding carboxylic acids is 1. The van der Waals surface area contributed by atoms with Crippen LogP contribution < -0.4 is 11.1 Å². The quantitative estimate of drug-likeness (QED) is 0.647. The minimum absolute atomic E-state index is 0.111. The summed E-state index contributed by atoms with van der Waals surface area (Å²) in [6.07, 6.45) is 3.16. The van der Waals surface area contributed by atoms with E-state index in [2.05, 4.69) is 15.5 Å². The van der Waals surface area contributed by atoms with Crippen LogP contribution >= 0.6 is 0 Å². The molecular weight excluding hydrogens is 296 g/mol. The molecule has 2 aromatic heterocycles. The molecule has 0 aromatic carbocycles. The maximum absolute atomic E-state index is 12.0. The molecule has 0 bridgehead atoms. The second kappa shape index (κ2) is 6.95. The SMILES string of the molecule is Cc1cc(C(=O)N=C(N)/C=C\NCc2c(C)noc2C)c(C)o1. The number of amides is 1. The van der Waals surface area contributed by atoms with E-state index >= 15 is 0 Å². The molecule has 2 rings (SSSR count). The largest absolute Gasteiger partial charge is 0.466 e. The summed E-state index contributed by atoms with van der Waals surface area (Å²) in [5, 5.41) is 6.93. The zero-order chi connectivity index (χ0) is 17.0. The summed E-state index contributed by atoms with van der Waals surface area (Å²) in [7, 11) is 0. The van der Waals surface area contributed by atoms with Gasteiger partial charge in [-0.1, -0.05) is 5.16 Å². The Labute approximate surface area is 134 Å². The molecule has 0 saturated heterocycles. The lowest BCUT2D eigenvalue weighted by atomic mass is 10.2. The maximum Gasteiger partial charge on any atom is 0.282 e. The van der Waals surface area contributed by atoms with Gasteiger partial charge in [0.1, 0.15) is 23.1 Å². The smallest absolute Gasteiger partial charge is 0.282 e. The molecule has 0 aliphatic rings. The summed E-state index contributed by atoms with van der Waals surface area (Å²) < 4.78 is 10.4. The molecule has 2 aromatic rings. The summed E-state index contributed by atoms with van der Waals surface area (Å²) in [6, 6.07) is 1.65. The fraction of sp³-hybridized carbons (Fsp3) is 0.312. The Hall–Kier alpha value is -2.83. The van der Waals surface area contributed by atoms with Crippen molar-refractivity contribution in [2.75, 3.05) is 0 Å². The fourth-order valence-electron chi connectivity index (χ4n) is 2.12. The summed E-state index contributed by atoms with van der Waals surface area (Å²) in [5.41, 5.74) is 7.98. The van der Waals surface area contributed by atoms with Gasteiger partial charge in [-0.05, 0) is 39.8 Å². The molecule has 7 heteroatoms. The molecule has 0 radical (unpaired) electrons. The molecule has 0 unspecified atom stereocenters. The molecule has 0 fully saturated rings. The number of nitrogens with one attached hydrogen (secondary N) is 1. The van der Waals surface area contributed by atoms with Gasteiger partial charge in [-0.15, -0.1) is 0 Å². The highest BCUT2D eigenvalue weighted by Crippen LogP contribution is 2.14. The van der Waals surface area contributed by atoms with Gasteiger partial charge in [0, 0.05) is 18.3 Å². The summed E-state index contributed by atoms with van der Waals surface area (Å²) in [6.45, 7) is 7.77. The van der Waals surface area contributed by atoms with Gasteiger partial charge < -0.3 is 20.0 Å². The summed E-state index contributed by atoms with van der Waals surface area (Å²) in [5.74, 6) is 1.65. The minimum Gasteiger partial charge on any atom is -0.466 e. The number of furan rings is 1. The number of aliphatic imine (C=N–C) groups is 1. The van der Waals surface area contributed by atoms with Crippen molar-refractivity contribution >= 4 is 11.7 Å². The van der Waals surface area contributed by atoms with Crippen molar-refractivity contribution in [3.8, 4) is 0 Å². The Bertz CT molecular complexity index is 749. The Kier molecular flexibility index (Phi) is 5.00. The van der Waals surface area contributed by atoms with Crippen LogP contribution in [0.25, 0.3) is 0 Å². The number of nitrogens with two attached hydrogens (primary N) is 1. The molecule has 0 spiro atoms. The van der Waals surface area contributed by atoms with E-state index in [-0.39, 0.29) is 5.84 Å². The van der Waals surface area contributed by atoms with Crippen molar-refractivity contribution in [1.82, 2.24) is 10.5 Å². The first kappa shape index (κ1) is 16.5. The third-order valence-electron chi connectivity index (χ3n) is 3.33. The van der Waals surface area contributed by atoms with Crippen molar-refractivity contribution in [2.24, 2.45) is 10.7 Å². The van der Waals surface area contributed by atoms with Crippen molar-refractivity contribution in [3.05, 3.63) is 52.4 Å². The van der Waals surface area contributed by atoms with Crippen LogP contribution in [0.2, 0.25) is 0 Å². The van der Waals surface area contributed by atoms with Crippen LogP contribution in [0, 0.1) is 27.7 Å². The second-order valence-electron chi connectivity index (χ2n) is 5.19. The Morgan fingerprint density at radius 1 is 1.35 bits per heavy atom. The van der Waals surface area contributed by atoms with E-state index in [0.29, 0.717) is 23.6 Å². The van der Waals surface area contributed by atoms with Gasteiger partial charge in [0.2, 0.25) is 0 Å². The Morgan fingerprint density at radius 3 is 2.65 bits per heavy atom. The minimum atomic E-state index is -0.424. The number of hydrogen-bond acceptors (Lipinski definition) is 5. The van der Waals surface area contributed by atoms with Crippen LogP contribution in [0.5, 0.6) is 0 Å². The summed E-state index contributed by atoms with van der Waals surface area (Å²) in [4.78, 5) is 15.8. The van der Waals surface area contributed by atoms with Crippen molar-refractivity contribution in [1.29, 1.82) is 0 Å². The van der Waals surface area contributed by atoms with Gasteiger partial charge in [0.15, 0.2) is 0 Å². The molecule has 122 valence electrons. The Morgan fingerprint density at radius 2 is 2.09 bits per heavy atom. The van der Waals surface area contributed by atoms with Gasteiger partial charge in [-0.2, -0.15) is 4.99 Å². The first-order chi connectivity index (χ1) is 10.9. The fourth-order valence-corrected chi connectivity index (χ4v) is 2.12. The average Bonchev–Trinajstić information content (AvgIpc) is 2.98. The number of aromatic nitrogens is 1. The van der Waals surface area contributed by atoms with Crippen LogP contribution in [0.15, 0.2) is 32.3 Å². The number of rotatable bonds is 5. The Balaban J connectivity index is 1.94. The average molecular weight is 316 g/mol. The zero-order valence-corrected chi connectivity index (χ0v) is 13.6. The van der Waals surface area contributed by atoms with Crippen LogP contribution in [-0.2, 0) is 6.54 Å². The van der Waals surface area contributed by atoms with Crippen molar-refractivity contribution in [3.63, 3.8) is 0 Å². The second-order valence-corrected chi connectivity index (χ2v) is 5.19. The van der Waals surface area contributed by atoms with Crippen LogP contribution in [0.1, 0.15) is 38.9 Å². The van der Waals surface area contributed by atoms with Crippen LogP contribution in [0.4, 0.5) is 0 Å². The highest BCUT2D eigenvalue weighted by atomic mass is 16.5. The number of amidine groups is 1. The highest BCUT2D eigenvalue weighted by Gasteiger charge is 2.12. The number of nitrogens with zero attached hydrogens (tertiary/aromatic N) is 2. The van der Waals surface area contributed by atoms with E-state index in [1.165, 1.54) is 6.08 Å². The summed E-state index contributed by atoms with van der Waals surface area (Å²) >= 11 is 0. The van der Waals surface area contributed by atoms with Crippen molar-refractivity contribution in [2.45, 2.75) is 34.2 Å². The maximum atomic E-state index is 12.0. The van der Waals surface area contributed by atoms with Crippen molar-refractivity contribution < 1.29 is 13.7 Å². The van der Waals surface area contributed by atoms with E-state index in [0.717, 1.165) is 17.0 Å². The molecule has 0 aliphatic carbocycles. The van der Waals surface area contributed by atoms with E-state index in [4.69, 9.17) is 14.7 Å². The number of carbonyl (C=O) groups is 1. The van der Waals surface area contributed by atoms with Gasteiger partial charge in [0.25, 0.3) is 5.91 Å². The van der Waals surface area contributed by atoms with E-state index in [1.807, 2.05) is 13.8 Å². The lowest BCUT2D eigenvalue weighted by Crippen LogP contribution is -2.14. The molecule has 0 aliphatic heterocycles.